The second kappa shape index (κ2) is 3.91. The molecule has 1 aliphatic rings. The molecule has 3 heterocycles. The number of pyridine rings is 1. The molecule has 2 aromatic heterocycles. The molecule has 0 radical (unpaired) electrons. The number of nitrogens with one attached hydrogen (secondary N) is 1. The number of rotatable bonds is 1. The lowest BCUT2D eigenvalue weighted by atomic mass is 9.92. The van der Waals surface area contributed by atoms with Crippen LogP contribution >= 0.6 is 0 Å². The normalized spacial score (nSPS) is 21.4. The van der Waals surface area contributed by atoms with E-state index in [0.29, 0.717) is 5.92 Å². The fourth-order valence-corrected chi connectivity index (χ4v) is 2.71. The lowest BCUT2D eigenvalue weighted by molar-refractivity contribution is 0.463. The van der Waals surface area contributed by atoms with Gasteiger partial charge in [0, 0.05) is 37.6 Å². The number of nitrogens with zero attached hydrogens (tertiary/aromatic N) is 2. The van der Waals surface area contributed by atoms with Gasteiger partial charge in [0.1, 0.15) is 0 Å². The van der Waals surface area contributed by atoms with E-state index < -0.39 is 0 Å². The Morgan fingerprint density at radius 3 is 3.25 bits per heavy atom. The number of hydrogen-bond acceptors (Lipinski definition) is 2. The highest BCUT2D eigenvalue weighted by atomic mass is 14.9. The molecular formula is C13H17N3. The van der Waals surface area contributed by atoms with Gasteiger partial charge in [-0.05, 0) is 36.9 Å². The smallest absolute Gasteiger partial charge is 0.0511 e. The summed E-state index contributed by atoms with van der Waals surface area (Å²) in [5.74, 6) is 0.654. The van der Waals surface area contributed by atoms with Crippen LogP contribution in [0.15, 0.2) is 24.7 Å². The van der Waals surface area contributed by atoms with Crippen LogP contribution in [0, 0.1) is 0 Å². The minimum absolute atomic E-state index is 0.654. The van der Waals surface area contributed by atoms with Gasteiger partial charge in [-0.2, -0.15) is 0 Å². The highest BCUT2D eigenvalue weighted by molar-refractivity contribution is 5.83. The van der Waals surface area contributed by atoms with Crippen molar-refractivity contribution in [1.29, 1.82) is 0 Å². The average Bonchev–Trinajstić information content (AvgIpc) is 2.69. The van der Waals surface area contributed by atoms with Gasteiger partial charge in [-0.1, -0.05) is 0 Å². The summed E-state index contributed by atoms with van der Waals surface area (Å²) in [4.78, 5) is 4.25. The van der Waals surface area contributed by atoms with Crippen LogP contribution in [-0.2, 0) is 7.05 Å². The molecule has 0 aliphatic carbocycles. The van der Waals surface area contributed by atoms with Crippen LogP contribution in [0.1, 0.15) is 24.3 Å². The van der Waals surface area contributed by atoms with E-state index in [1.54, 1.807) is 0 Å². The van der Waals surface area contributed by atoms with Crippen molar-refractivity contribution in [3.63, 3.8) is 0 Å². The first-order valence-electron chi connectivity index (χ1n) is 5.96. The summed E-state index contributed by atoms with van der Waals surface area (Å²) in [6.45, 7) is 2.27. The minimum Gasteiger partial charge on any atom is -0.350 e. The first kappa shape index (κ1) is 9.85. The van der Waals surface area contributed by atoms with Gasteiger partial charge in [0.05, 0.1) is 5.52 Å². The molecule has 2 aromatic rings. The molecule has 3 nitrogen and oxygen atoms in total. The molecule has 1 saturated heterocycles. The second-order valence-corrected chi connectivity index (χ2v) is 4.63. The Balaban J connectivity index is 2.08. The van der Waals surface area contributed by atoms with Gasteiger partial charge in [0.2, 0.25) is 0 Å². The van der Waals surface area contributed by atoms with E-state index in [0.717, 1.165) is 6.54 Å². The molecule has 0 spiro atoms. The van der Waals surface area contributed by atoms with Gasteiger partial charge in [-0.25, -0.2) is 0 Å². The van der Waals surface area contributed by atoms with Gasteiger partial charge < -0.3 is 9.88 Å². The fourth-order valence-electron chi connectivity index (χ4n) is 2.71. The molecule has 16 heavy (non-hydrogen) atoms. The Kier molecular flexibility index (Phi) is 2.40. The zero-order valence-electron chi connectivity index (χ0n) is 9.61. The quantitative estimate of drug-likeness (QED) is 0.789. The van der Waals surface area contributed by atoms with Crippen LogP contribution in [0.3, 0.4) is 0 Å². The zero-order chi connectivity index (χ0) is 11.0. The van der Waals surface area contributed by atoms with Crippen molar-refractivity contribution in [1.82, 2.24) is 14.9 Å². The summed E-state index contributed by atoms with van der Waals surface area (Å²) < 4.78 is 2.21. The molecule has 0 amide bonds. The Hall–Kier alpha value is -1.35. The molecule has 0 saturated carbocycles. The number of hydrogen-bond donors (Lipinski definition) is 1. The molecule has 0 bridgehead atoms. The average molecular weight is 215 g/mol. The summed E-state index contributed by atoms with van der Waals surface area (Å²) in [7, 11) is 2.11. The topological polar surface area (TPSA) is 29.9 Å². The summed E-state index contributed by atoms with van der Waals surface area (Å²) in [5.41, 5.74) is 2.74. The van der Waals surface area contributed by atoms with Crippen molar-refractivity contribution in [3.05, 3.63) is 30.2 Å². The van der Waals surface area contributed by atoms with Crippen LogP contribution in [0.4, 0.5) is 0 Å². The third kappa shape index (κ3) is 1.52. The minimum atomic E-state index is 0.654. The van der Waals surface area contributed by atoms with E-state index in [9.17, 15) is 0 Å². The fraction of sp³-hybridized carbons (Fsp3) is 0.462. The van der Waals surface area contributed by atoms with E-state index in [-0.39, 0.29) is 0 Å². The Morgan fingerprint density at radius 2 is 2.44 bits per heavy atom. The predicted molar refractivity (Wildman–Crippen MR) is 65.6 cm³/mol. The third-order valence-corrected chi connectivity index (χ3v) is 3.56. The van der Waals surface area contributed by atoms with Crippen molar-refractivity contribution in [2.24, 2.45) is 7.05 Å². The van der Waals surface area contributed by atoms with E-state index in [1.807, 2.05) is 12.4 Å². The number of aromatic nitrogens is 2. The highest BCUT2D eigenvalue weighted by Crippen LogP contribution is 2.30. The van der Waals surface area contributed by atoms with Crippen LogP contribution in [0.5, 0.6) is 0 Å². The van der Waals surface area contributed by atoms with Crippen molar-refractivity contribution in [3.8, 4) is 0 Å². The molecular weight excluding hydrogens is 198 g/mol. The van der Waals surface area contributed by atoms with Gasteiger partial charge >= 0.3 is 0 Å². The van der Waals surface area contributed by atoms with Gasteiger partial charge in [0.15, 0.2) is 0 Å². The van der Waals surface area contributed by atoms with Gasteiger partial charge in [-0.15, -0.1) is 0 Å². The number of piperidine rings is 1. The summed E-state index contributed by atoms with van der Waals surface area (Å²) in [6.07, 6.45) is 8.71. The molecule has 1 aliphatic heterocycles. The van der Waals surface area contributed by atoms with Crippen molar-refractivity contribution < 1.29 is 0 Å². The first-order chi connectivity index (χ1) is 7.86. The van der Waals surface area contributed by atoms with Crippen molar-refractivity contribution >= 4 is 10.9 Å². The lowest BCUT2D eigenvalue weighted by Gasteiger charge is -2.22. The summed E-state index contributed by atoms with van der Waals surface area (Å²) in [6, 6.07) is 2.09. The molecule has 1 fully saturated rings. The summed E-state index contributed by atoms with van der Waals surface area (Å²) in [5, 5.41) is 4.80. The van der Waals surface area contributed by atoms with Gasteiger partial charge in [-0.3, -0.25) is 4.98 Å². The number of fused-ring (bicyclic) bond motifs is 1. The van der Waals surface area contributed by atoms with E-state index in [2.05, 4.69) is 34.2 Å². The molecule has 3 rings (SSSR count). The molecule has 1 unspecified atom stereocenters. The van der Waals surface area contributed by atoms with Crippen LogP contribution in [0.25, 0.3) is 10.9 Å². The van der Waals surface area contributed by atoms with Crippen LogP contribution in [0.2, 0.25) is 0 Å². The van der Waals surface area contributed by atoms with Crippen molar-refractivity contribution in [2.45, 2.75) is 18.8 Å². The maximum atomic E-state index is 4.25. The Morgan fingerprint density at radius 1 is 1.50 bits per heavy atom. The number of aryl methyl sites for hydroxylation is 1. The Bertz CT molecular complexity index is 495. The maximum Gasteiger partial charge on any atom is 0.0511 e. The molecule has 84 valence electrons. The summed E-state index contributed by atoms with van der Waals surface area (Å²) >= 11 is 0. The second-order valence-electron chi connectivity index (χ2n) is 4.63. The molecule has 1 atom stereocenters. The standard InChI is InChI=1S/C13H17N3/c1-16-9-12(10-3-2-5-14-7-10)11-8-15-6-4-13(11)16/h4,6,8-10,14H,2-3,5,7H2,1H3. The van der Waals surface area contributed by atoms with E-state index in [1.165, 1.54) is 35.9 Å². The molecule has 3 heteroatoms. The largest absolute Gasteiger partial charge is 0.350 e. The van der Waals surface area contributed by atoms with Crippen molar-refractivity contribution in [2.75, 3.05) is 13.1 Å². The van der Waals surface area contributed by atoms with Crippen LogP contribution in [-0.4, -0.2) is 22.6 Å². The Labute approximate surface area is 95.5 Å². The SMILES string of the molecule is Cn1cc(C2CCCNC2)c2cnccc21. The lowest BCUT2D eigenvalue weighted by Crippen LogP contribution is -2.28. The molecule has 1 N–H and O–H groups in total. The highest BCUT2D eigenvalue weighted by Gasteiger charge is 2.19. The maximum absolute atomic E-state index is 4.25. The predicted octanol–water partition coefficient (Wildman–Crippen LogP) is 2.04. The van der Waals surface area contributed by atoms with E-state index in [4.69, 9.17) is 0 Å². The monoisotopic (exact) mass is 215 g/mol. The van der Waals surface area contributed by atoms with E-state index >= 15 is 0 Å². The molecule has 0 aromatic carbocycles. The van der Waals surface area contributed by atoms with Crippen LogP contribution < -0.4 is 5.32 Å². The third-order valence-electron chi connectivity index (χ3n) is 3.56. The zero-order valence-corrected chi connectivity index (χ0v) is 9.61. The first-order valence-corrected chi connectivity index (χ1v) is 5.96. The van der Waals surface area contributed by atoms with Gasteiger partial charge in [0.25, 0.3) is 0 Å².